The van der Waals surface area contributed by atoms with Crippen molar-refractivity contribution in [3.63, 3.8) is 0 Å². The Bertz CT molecular complexity index is 882. The molecule has 3 aromatic rings. The molecule has 0 spiro atoms. The summed E-state index contributed by atoms with van der Waals surface area (Å²) in [6, 6.07) is 11.7. The summed E-state index contributed by atoms with van der Waals surface area (Å²) < 4.78 is 20.7. The second kappa shape index (κ2) is 7.31. The van der Waals surface area contributed by atoms with Gasteiger partial charge in [0, 0.05) is 35.4 Å². The molecule has 6 nitrogen and oxygen atoms in total. The van der Waals surface area contributed by atoms with Crippen molar-refractivity contribution in [3.05, 3.63) is 61.2 Å². The second-order valence-electron chi connectivity index (χ2n) is 5.79. The molecular weight excluding hydrogens is 339 g/mol. The Kier molecular flexibility index (Phi) is 5.13. The molecule has 0 aliphatic carbocycles. The molecule has 0 aromatic carbocycles. The molecular formula is C18H21N2O4P+2. The number of aryl methyl sites for hydroxylation is 2. The molecule has 0 amide bonds. The van der Waals surface area contributed by atoms with Crippen molar-refractivity contribution in [2.75, 3.05) is 6.16 Å². The third-order valence-corrected chi connectivity index (χ3v) is 4.75. The number of aromatic nitrogens is 2. The van der Waals surface area contributed by atoms with E-state index < -0.39 is 7.60 Å². The Morgan fingerprint density at radius 3 is 1.80 bits per heavy atom. The normalized spacial score (nSPS) is 11.6. The summed E-state index contributed by atoms with van der Waals surface area (Å²) in [7, 11) is -3.98. The Hall–Kier alpha value is -2.27. The lowest BCUT2D eigenvalue weighted by Crippen LogP contribution is -2.34. The highest BCUT2D eigenvalue weighted by Crippen LogP contribution is 2.33. The summed E-state index contributed by atoms with van der Waals surface area (Å²) in [4.78, 5) is 17.9. The van der Waals surface area contributed by atoms with Gasteiger partial charge in [-0.05, 0) is 19.1 Å². The van der Waals surface area contributed by atoms with Crippen LogP contribution in [0.15, 0.2) is 65.6 Å². The van der Waals surface area contributed by atoms with E-state index in [0.717, 1.165) is 29.2 Å². The summed E-state index contributed by atoms with van der Waals surface area (Å²) >= 11 is 0. The van der Waals surface area contributed by atoms with Crippen molar-refractivity contribution in [1.29, 1.82) is 0 Å². The van der Waals surface area contributed by atoms with Gasteiger partial charge >= 0.3 is 7.60 Å². The van der Waals surface area contributed by atoms with Crippen molar-refractivity contribution in [3.8, 4) is 22.6 Å². The molecule has 0 aliphatic rings. The van der Waals surface area contributed by atoms with E-state index in [1.54, 1.807) is 17.0 Å². The quantitative estimate of drug-likeness (QED) is 0.523. The van der Waals surface area contributed by atoms with Crippen molar-refractivity contribution < 1.29 is 27.9 Å². The van der Waals surface area contributed by atoms with Gasteiger partial charge in [-0.2, -0.15) is 0 Å². The lowest BCUT2D eigenvalue weighted by molar-refractivity contribution is -0.693. The molecule has 3 aromatic heterocycles. The smallest absolute Gasteiger partial charge is 0.331 e. The first-order valence-electron chi connectivity index (χ1n) is 8.08. The largest absolute Gasteiger partial charge is 0.456 e. The van der Waals surface area contributed by atoms with Crippen LogP contribution in [0.5, 0.6) is 0 Å². The molecule has 130 valence electrons. The van der Waals surface area contributed by atoms with Gasteiger partial charge in [-0.25, -0.2) is 9.13 Å². The maximum Gasteiger partial charge on any atom is 0.331 e. The van der Waals surface area contributed by atoms with Crippen LogP contribution >= 0.6 is 7.60 Å². The zero-order valence-corrected chi connectivity index (χ0v) is 14.8. The van der Waals surface area contributed by atoms with Crippen LogP contribution in [0, 0.1) is 0 Å². The molecule has 0 fully saturated rings. The minimum absolute atomic E-state index is 0.173. The van der Waals surface area contributed by atoms with Gasteiger partial charge in [0.1, 0.15) is 24.2 Å². The number of pyridine rings is 2. The molecule has 0 radical (unpaired) electrons. The molecule has 3 rings (SSSR count). The van der Waals surface area contributed by atoms with E-state index in [0.29, 0.717) is 0 Å². The Morgan fingerprint density at radius 2 is 1.36 bits per heavy atom. The minimum atomic E-state index is -3.98. The first-order chi connectivity index (χ1) is 11.9. The van der Waals surface area contributed by atoms with E-state index in [1.807, 2.05) is 48.8 Å². The maximum absolute atomic E-state index is 10.9. The average Bonchev–Trinajstić information content (AvgIpc) is 3.10. The van der Waals surface area contributed by atoms with E-state index >= 15 is 0 Å². The summed E-state index contributed by atoms with van der Waals surface area (Å²) in [5.41, 5.74) is 1.93. The molecule has 7 heteroatoms. The van der Waals surface area contributed by atoms with E-state index in [9.17, 15) is 4.57 Å². The standard InChI is InChI=1S/C18H19N2O4P/c1-2-19-9-5-15(6-10-19)17-3-4-18(24-17)16-7-11-20(12-8-16)13-14-25(21,22)23/h3-12H,2,13-14H2,1H3/p+2. The van der Waals surface area contributed by atoms with Gasteiger partial charge in [0.25, 0.3) is 0 Å². The summed E-state index contributed by atoms with van der Waals surface area (Å²) in [5.74, 6) is 1.56. The fourth-order valence-corrected chi connectivity index (χ4v) is 2.99. The zero-order valence-electron chi connectivity index (χ0n) is 13.9. The number of nitrogens with zero attached hydrogens (tertiary/aromatic N) is 2. The van der Waals surface area contributed by atoms with Crippen LogP contribution in [0.2, 0.25) is 0 Å². The molecule has 0 bridgehead atoms. The van der Waals surface area contributed by atoms with E-state index in [-0.39, 0.29) is 12.7 Å². The fraction of sp³-hybridized carbons (Fsp3) is 0.222. The molecule has 25 heavy (non-hydrogen) atoms. The molecule has 0 saturated carbocycles. The zero-order chi connectivity index (χ0) is 17.9. The highest BCUT2D eigenvalue weighted by molar-refractivity contribution is 7.51. The van der Waals surface area contributed by atoms with Gasteiger partial charge in [0.05, 0.1) is 0 Å². The average molecular weight is 360 g/mol. The van der Waals surface area contributed by atoms with Gasteiger partial charge in [0.2, 0.25) is 0 Å². The van der Waals surface area contributed by atoms with Gasteiger partial charge in [-0.1, -0.05) is 0 Å². The number of hydrogen-bond donors (Lipinski definition) is 2. The van der Waals surface area contributed by atoms with E-state index in [4.69, 9.17) is 14.2 Å². The summed E-state index contributed by atoms with van der Waals surface area (Å²) in [5, 5.41) is 0. The van der Waals surface area contributed by atoms with Gasteiger partial charge in [-0.3, -0.25) is 4.57 Å². The van der Waals surface area contributed by atoms with E-state index in [1.165, 1.54) is 0 Å². The van der Waals surface area contributed by atoms with Crippen LogP contribution in [-0.2, 0) is 17.7 Å². The number of furan rings is 1. The predicted molar refractivity (Wildman–Crippen MR) is 92.6 cm³/mol. The van der Waals surface area contributed by atoms with Crippen LogP contribution in [0.25, 0.3) is 22.6 Å². The molecule has 0 saturated heterocycles. The lowest BCUT2D eigenvalue weighted by atomic mass is 10.2. The van der Waals surface area contributed by atoms with E-state index in [2.05, 4.69) is 11.5 Å². The highest BCUT2D eigenvalue weighted by Gasteiger charge is 2.16. The van der Waals surface area contributed by atoms with Gasteiger partial charge < -0.3 is 14.2 Å². The first kappa shape index (κ1) is 17.5. The molecule has 0 atom stereocenters. The SMILES string of the molecule is CC[n+]1ccc(-c2ccc(-c3cc[n+](CCP(=O)(O)O)cc3)o2)cc1. The monoisotopic (exact) mass is 360 g/mol. The Labute approximate surface area is 146 Å². The van der Waals surface area contributed by atoms with Crippen LogP contribution < -0.4 is 9.13 Å². The molecule has 2 N–H and O–H groups in total. The van der Waals surface area contributed by atoms with Crippen molar-refractivity contribution >= 4 is 7.60 Å². The first-order valence-corrected chi connectivity index (χ1v) is 9.88. The lowest BCUT2D eigenvalue weighted by Gasteiger charge is -2.01. The van der Waals surface area contributed by atoms with Gasteiger partial charge in [0.15, 0.2) is 31.3 Å². The van der Waals surface area contributed by atoms with Crippen LogP contribution in [-0.4, -0.2) is 15.9 Å². The Balaban J connectivity index is 1.74. The van der Waals surface area contributed by atoms with Crippen molar-refractivity contribution in [2.45, 2.75) is 20.0 Å². The fourth-order valence-electron chi connectivity index (χ4n) is 2.50. The van der Waals surface area contributed by atoms with Crippen LogP contribution in [0.1, 0.15) is 6.92 Å². The van der Waals surface area contributed by atoms with Crippen LogP contribution in [0.3, 0.4) is 0 Å². The molecule has 3 heterocycles. The third kappa shape index (κ3) is 4.63. The molecule has 0 unspecified atom stereocenters. The maximum atomic E-state index is 10.9. The molecule has 0 aliphatic heterocycles. The van der Waals surface area contributed by atoms with Gasteiger partial charge in [-0.15, -0.1) is 0 Å². The Morgan fingerprint density at radius 1 is 0.880 bits per heavy atom. The minimum Gasteiger partial charge on any atom is -0.456 e. The number of rotatable bonds is 6. The van der Waals surface area contributed by atoms with Crippen molar-refractivity contribution in [1.82, 2.24) is 0 Å². The highest BCUT2D eigenvalue weighted by atomic mass is 31.2. The summed E-state index contributed by atoms with van der Waals surface area (Å²) in [6.45, 7) is 3.29. The number of hydrogen-bond acceptors (Lipinski definition) is 2. The third-order valence-electron chi connectivity index (χ3n) is 3.97. The van der Waals surface area contributed by atoms with Crippen molar-refractivity contribution in [2.24, 2.45) is 0 Å². The topological polar surface area (TPSA) is 78.4 Å². The van der Waals surface area contributed by atoms with Crippen LogP contribution in [0.4, 0.5) is 0 Å². The second-order valence-corrected chi connectivity index (χ2v) is 7.57. The summed E-state index contributed by atoms with van der Waals surface area (Å²) in [6.07, 6.45) is 7.45. The predicted octanol–water partition coefficient (Wildman–Crippen LogP) is 2.39.